The van der Waals surface area contributed by atoms with Gasteiger partial charge in [-0.2, -0.15) is 0 Å². The molecular formula is C15H25NO2. The number of aliphatic hydroxyl groups excluding tert-OH is 1. The summed E-state index contributed by atoms with van der Waals surface area (Å²) in [7, 11) is 0. The highest BCUT2D eigenvalue weighted by Gasteiger charge is 2.20. The van der Waals surface area contributed by atoms with Crippen LogP contribution in [0.3, 0.4) is 0 Å². The number of aliphatic hydroxyl groups is 1. The standard InChI is InChI=1S/C15H25NO2/c1-4-16-15(3,12-17)10-7-11-18-14-9-6-5-8-13(14)2/h5-6,8-9,16-17H,4,7,10-12H2,1-3H3. The summed E-state index contributed by atoms with van der Waals surface area (Å²) < 4.78 is 5.75. The zero-order chi connectivity index (χ0) is 13.4. The summed E-state index contributed by atoms with van der Waals surface area (Å²) in [5.74, 6) is 0.951. The van der Waals surface area contributed by atoms with Gasteiger partial charge in [-0.1, -0.05) is 25.1 Å². The highest BCUT2D eigenvalue weighted by atomic mass is 16.5. The van der Waals surface area contributed by atoms with E-state index in [4.69, 9.17) is 4.74 Å². The third kappa shape index (κ3) is 4.67. The van der Waals surface area contributed by atoms with Gasteiger partial charge in [-0.3, -0.25) is 0 Å². The Kier molecular flexibility index (Phi) is 6.16. The van der Waals surface area contributed by atoms with Gasteiger partial charge < -0.3 is 15.2 Å². The van der Waals surface area contributed by atoms with Crippen molar-refractivity contribution in [2.45, 2.75) is 39.2 Å². The van der Waals surface area contributed by atoms with Crippen LogP contribution in [-0.2, 0) is 0 Å². The molecule has 0 spiro atoms. The van der Waals surface area contributed by atoms with Gasteiger partial charge in [0.2, 0.25) is 0 Å². The normalized spacial score (nSPS) is 14.2. The molecular weight excluding hydrogens is 226 g/mol. The maximum atomic E-state index is 9.37. The van der Waals surface area contributed by atoms with Crippen LogP contribution < -0.4 is 10.1 Å². The van der Waals surface area contributed by atoms with Crippen molar-refractivity contribution in [3.63, 3.8) is 0 Å². The second kappa shape index (κ2) is 7.39. The fraction of sp³-hybridized carbons (Fsp3) is 0.600. The molecule has 1 unspecified atom stereocenters. The van der Waals surface area contributed by atoms with E-state index < -0.39 is 0 Å². The number of benzene rings is 1. The van der Waals surface area contributed by atoms with Crippen molar-refractivity contribution >= 4 is 0 Å². The average Bonchev–Trinajstić information content (AvgIpc) is 2.37. The smallest absolute Gasteiger partial charge is 0.122 e. The van der Waals surface area contributed by atoms with Crippen molar-refractivity contribution in [3.8, 4) is 5.75 Å². The molecule has 0 fully saturated rings. The van der Waals surface area contributed by atoms with Crippen molar-refractivity contribution in [1.82, 2.24) is 5.32 Å². The summed E-state index contributed by atoms with van der Waals surface area (Å²) in [6.07, 6.45) is 1.83. The van der Waals surface area contributed by atoms with Crippen LogP contribution in [0.4, 0.5) is 0 Å². The molecule has 3 heteroatoms. The molecule has 0 aliphatic rings. The summed E-state index contributed by atoms with van der Waals surface area (Å²) in [5, 5.41) is 12.7. The fourth-order valence-corrected chi connectivity index (χ4v) is 2.01. The molecule has 0 aliphatic heterocycles. The van der Waals surface area contributed by atoms with Crippen LogP contribution in [0.2, 0.25) is 0 Å². The minimum atomic E-state index is -0.191. The van der Waals surface area contributed by atoms with Crippen LogP contribution in [0.25, 0.3) is 0 Å². The molecule has 2 N–H and O–H groups in total. The largest absolute Gasteiger partial charge is 0.493 e. The van der Waals surface area contributed by atoms with Crippen LogP contribution in [-0.4, -0.2) is 30.4 Å². The Bertz CT molecular complexity index is 354. The molecule has 102 valence electrons. The zero-order valence-corrected chi connectivity index (χ0v) is 11.7. The summed E-state index contributed by atoms with van der Waals surface area (Å²) in [5.41, 5.74) is 0.971. The third-order valence-electron chi connectivity index (χ3n) is 3.18. The highest BCUT2D eigenvalue weighted by molar-refractivity contribution is 5.31. The predicted octanol–water partition coefficient (Wildman–Crippen LogP) is 2.51. The van der Waals surface area contributed by atoms with Gasteiger partial charge in [-0.25, -0.2) is 0 Å². The van der Waals surface area contributed by atoms with Gasteiger partial charge >= 0.3 is 0 Å². The first-order valence-corrected chi connectivity index (χ1v) is 6.65. The fourth-order valence-electron chi connectivity index (χ4n) is 2.01. The lowest BCUT2D eigenvalue weighted by molar-refractivity contribution is 0.158. The Morgan fingerprint density at radius 1 is 1.33 bits per heavy atom. The Morgan fingerprint density at radius 3 is 2.67 bits per heavy atom. The molecule has 1 aromatic carbocycles. The van der Waals surface area contributed by atoms with E-state index in [-0.39, 0.29) is 12.1 Å². The molecule has 0 aliphatic carbocycles. The summed E-state index contributed by atoms with van der Waals surface area (Å²) in [6, 6.07) is 8.03. The summed E-state index contributed by atoms with van der Waals surface area (Å²) in [6.45, 7) is 7.86. The lowest BCUT2D eigenvalue weighted by atomic mass is 9.97. The van der Waals surface area contributed by atoms with Crippen LogP contribution in [0, 0.1) is 6.92 Å². The molecule has 0 amide bonds. The quantitative estimate of drug-likeness (QED) is 0.698. The van der Waals surface area contributed by atoms with Crippen molar-refractivity contribution in [2.75, 3.05) is 19.8 Å². The number of nitrogens with one attached hydrogen (secondary N) is 1. The van der Waals surface area contributed by atoms with Gasteiger partial charge in [0.1, 0.15) is 5.75 Å². The van der Waals surface area contributed by atoms with E-state index in [1.807, 2.05) is 38.1 Å². The minimum Gasteiger partial charge on any atom is -0.493 e. The van der Waals surface area contributed by atoms with Gasteiger partial charge in [0, 0.05) is 5.54 Å². The van der Waals surface area contributed by atoms with E-state index in [2.05, 4.69) is 12.2 Å². The number of hydrogen-bond acceptors (Lipinski definition) is 3. The SMILES string of the molecule is CCNC(C)(CO)CCCOc1ccccc1C. The average molecular weight is 251 g/mol. The first kappa shape index (κ1) is 15.0. The molecule has 0 bridgehead atoms. The van der Waals surface area contributed by atoms with Crippen LogP contribution in [0.1, 0.15) is 32.3 Å². The first-order chi connectivity index (χ1) is 8.61. The van der Waals surface area contributed by atoms with Gasteiger partial charge in [-0.15, -0.1) is 0 Å². The second-order valence-electron chi connectivity index (χ2n) is 4.97. The molecule has 0 aromatic heterocycles. The van der Waals surface area contributed by atoms with Gasteiger partial charge in [-0.05, 0) is 44.9 Å². The van der Waals surface area contributed by atoms with Gasteiger partial charge in [0.15, 0.2) is 0 Å². The highest BCUT2D eigenvalue weighted by Crippen LogP contribution is 2.17. The molecule has 1 aromatic rings. The number of hydrogen-bond donors (Lipinski definition) is 2. The summed E-state index contributed by atoms with van der Waals surface area (Å²) >= 11 is 0. The Labute approximate surface area is 110 Å². The zero-order valence-electron chi connectivity index (χ0n) is 11.7. The molecule has 1 rings (SSSR count). The number of para-hydroxylation sites is 1. The van der Waals surface area contributed by atoms with Crippen LogP contribution in [0.15, 0.2) is 24.3 Å². The lowest BCUT2D eigenvalue weighted by Crippen LogP contribution is -2.45. The van der Waals surface area contributed by atoms with Crippen LogP contribution >= 0.6 is 0 Å². The number of ether oxygens (including phenoxy) is 1. The monoisotopic (exact) mass is 251 g/mol. The molecule has 0 saturated carbocycles. The molecule has 0 saturated heterocycles. The van der Waals surface area contributed by atoms with Gasteiger partial charge in [0.05, 0.1) is 13.2 Å². The van der Waals surface area contributed by atoms with E-state index in [1.165, 1.54) is 0 Å². The maximum Gasteiger partial charge on any atom is 0.122 e. The Morgan fingerprint density at radius 2 is 2.06 bits per heavy atom. The molecule has 18 heavy (non-hydrogen) atoms. The van der Waals surface area contributed by atoms with Crippen molar-refractivity contribution in [3.05, 3.63) is 29.8 Å². The second-order valence-corrected chi connectivity index (χ2v) is 4.97. The Hall–Kier alpha value is -1.06. The predicted molar refractivity (Wildman–Crippen MR) is 75.1 cm³/mol. The van der Waals surface area contributed by atoms with E-state index in [0.717, 1.165) is 30.7 Å². The van der Waals surface area contributed by atoms with Gasteiger partial charge in [0.25, 0.3) is 0 Å². The summed E-state index contributed by atoms with van der Waals surface area (Å²) in [4.78, 5) is 0. The molecule has 0 radical (unpaired) electrons. The van der Waals surface area contributed by atoms with E-state index >= 15 is 0 Å². The third-order valence-corrected chi connectivity index (χ3v) is 3.18. The molecule has 0 heterocycles. The number of rotatable bonds is 8. The van der Waals surface area contributed by atoms with Crippen molar-refractivity contribution in [1.29, 1.82) is 0 Å². The molecule has 1 atom stereocenters. The number of likely N-dealkylation sites (N-methyl/N-ethyl adjacent to an activating group) is 1. The first-order valence-electron chi connectivity index (χ1n) is 6.65. The van der Waals surface area contributed by atoms with Crippen molar-refractivity contribution in [2.24, 2.45) is 0 Å². The number of aryl methyl sites for hydroxylation is 1. The minimum absolute atomic E-state index is 0.158. The van der Waals surface area contributed by atoms with E-state index in [1.54, 1.807) is 0 Å². The lowest BCUT2D eigenvalue weighted by Gasteiger charge is -2.28. The Balaban J connectivity index is 2.32. The maximum absolute atomic E-state index is 9.37. The van der Waals surface area contributed by atoms with E-state index in [9.17, 15) is 5.11 Å². The molecule has 3 nitrogen and oxygen atoms in total. The topological polar surface area (TPSA) is 41.5 Å². The van der Waals surface area contributed by atoms with Crippen LogP contribution in [0.5, 0.6) is 5.75 Å². The van der Waals surface area contributed by atoms with E-state index in [0.29, 0.717) is 6.61 Å². The van der Waals surface area contributed by atoms with Crippen molar-refractivity contribution < 1.29 is 9.84 Å².